The topological polar surface area (TPSA) is 63.6 Å². The van der Waals surface area contributed by atoms with Gasteiger partial charge in [0.15, 0.2) is 0 Å². The number of aliphatic carboxylic acids is 1. The Morgan fingerprint density at radius 3 is 2.65 bits per heavy atom. The van der Waals surface area contributed by atoms with Gasteiger partial charge < -0.3 is 9.84 Å². The number of carboxylic acid groups (broad SMARTS) is 1. The zero-order valence-electron chi connectivity index (χ0n) is 13.6. The molecule has 3 rings (SSSR count). The molecule has 0 aliphatic heterocycles. The predicted octanol–water partition coefficient (Wildman–Crippen LogP) is 3.57. The fourth-order valence-electron chi connectivity index (χ4n) is 4.38. The minimum atomic E-state index is -1.01. The van der Waals surface area contributed by atoms with Crippen molar-refractivity contribution in [1.29, 1.82) is 0 Å². The van der Waals surface area contributed by atoms with Crippen molar-refractivity contribution in [3.63, 3.8) is 0 Å². The van der Waals surface area contributed by atoms with E-state index in [2.05, 4.69) is 12.1 Å². The Hall–Kier alpha value is -1.84. The third-order valence-corrected chi connectivity index (χ3v) is 5.57. The van der Waals surface area contributed by atoms with Crippen LogP contribution in [0.5, 0.6) is 0 Å². The summed E-state index contributed by atoms with van der Waals surface area (Å²) in [7, 11) is 1.33. The molecule has 0 aromatic heterocycles. The zero-order chi connectivity index (χ0) is 16.4. The fraction of sp³-hybridized carbons (Fsp3) is 0.579. The second-order valence-electron chi connectivity index (χ2n) is 6.90. The van der Waals surface area contributed by atoms with E-state index in [-0.39, 0.29) is 6.42 Å². The first-order valence-electron chi connectivity index (χ1n) is 8.50. The summed E-state index contributed by atoms with van der Waals surface area (Å²) in [5.41, 5.74) is 2.31. The van der Waals surface area contributed by atoms with E-state index in [9.17, 15) is 14.7 Å². The molecule has 23 heavy (non-hydrogen) atoms. The summed E-state index contributed by atoms with van der Waals surface area (Å²) < 4.78 is 4.94. The number of methoxy groups -OCH3 is 1. The molecule has 1 unspecified atom stereocenters. The summed E-state index contributed by atoms with van der Waals surface area (Å²) in [6, 6.07) is 6.28. The van der Waals surface area contributed by atoms with Crippen molar-refractivity contribution in [2.45, 2.75) is 62.7 Å². The summed E-state index contributed by atoms with van der Waals surface area (Å²) in [6.07, 6.45) is 7.43. The van der Waals surface area contributed by atoms with Crippen LogP contribution in [0.2, 0.25) is 0 Å². The molecule has 4 nitrogen and oxygen atoms in total. The number of carbonyl (C=O) groups excluding carboxylic acids is 1. The molecule has 0 radical (unpaired) electrons. The minimum Gasteiger partial charge on any atom is -0.481 e. The number of esters is 1. The molecule has 1 fully saturated rings. The molecular formula is C19H24O4. The highest BCUT2D eigenvalue weighted by molar-refractivity contribution is 5.89. The van der Waals surface area contributed by atoms with Crippen LogP contribution < -0.4 is 0 Å². The SMILES string of the molecule is COC(=O)C1(CC(=O)O)CCc2cc(C3CCCCC3)ccc21. The van der Waals surface area contributed by atoms with E-state index in [1.165, 1.54) is 44.8 Å². The number of carboxylic acids is 1. The number of ether oxygens (including phenoxy) is 1. The van der Waals surface area contributed by atoms with Gasteiger partial charge in [0.05, 0.1) is 13.5 Å². The summed E-state index contributed by atoms with van der Waals surface area (Å²) in [4.78, 5) is 23.6. The van der Waals surface area contributed by atoms with Crippen molar-refractivity contribution in [3.05, 3.63) is 34.9 Å². The van der Waals surface area contributed by atoms with Crippen LogP contribution in [0.4, 0.5) is 0 Å². The van der Waals surface area contributed by atoms with Crippen molar-refractivity contribution in [2.75, 3.05) is 7.11 Å². The third-order valence-electron chi connectivity index (χ3n) is 5.57. The molecule has 2 aliphatic carbocycles. The first-order chi connectivity index (χ1) is 11.1. The van der Waals surface area contributed by atoms with Gasteiger partial charge in [0.1, 0.15) is 5.41 Å². The van der Waals surface area contributed by atoms with Crippen LogP contribution in [0.3, 0.4) is 0 Å². The summed E-state index contributed by atoms with van der Waals surface area (Å²) in [5, 5.41) is 9.26. The molecule has 0 heterocycles. The zero-order valence-corrected chi connectivity index (χ0v) is 13.6. The van der Waals surface area contributed by atoms with Gasteiger partial charge in [0.25, 0.3) is 0 Å². The Balaban J connectivity index is 1.95. The van der Waals surface area contributed by atoms with Crippen LogP contribution in [0, 0.1) is 0 Å². The van der Waals surface area contributed by atoms with Crippen LogP contribution >= 0.6 is 0 Å². The smallest absolute Gasteiger partial charge is 0.316 e. The molecule has 1 atom stereocenters. The second-order valence-corrected chi connectivity index (χ2v) is 6.90. The third kappa shape index (κ3) is 2.87. The Morgan fingerprint density at radius 2 is 2.00 bits per heavy atom. The maximum atomic E-state index is 12.3. The van der Waals surface area contributed by atoms with Gasteiger partial charge in [0.2, 0.25) is 0 Å². The lowest BCUT2D eigenvalue weighted by molar-refractivity contribution is -0.153. The molecule has 1 aromatic rings. The van der Waals surface area contributed by atoms with E-state index in [1.54, 1.807) is 0 Å². The van der Waals surface area contributed by atoms with E-state index in [4.69, 9.17) is 4.74 Å². The lowest BCUT2D eigenvalue weighted by atomic mass is 9.77. The number of aryl methyl sites for hydroxylation is 1. The molecule has 124 valence electrons. The number of fused-ring (bicyclic) bond motifs is 1. The quantitative estimate of drug-likeness (QED) is 0.863. The molecule has 0 spiro atoms. The Kier molecular flexibility index (Phi) is 4.42. The highest BCUT2D eigenvalue weighted by atomic mass is 16.5. The van der Waals surface area contributed by atoms with Gasteiger partial charge in [-0.05, 0) is 48.3 Å². The molecule has 1 N–H and O–H groups in total. The van der Waals surface area contributed by atoms with E-state index in [0.29, 0.717) is 12.3 Å². The summed E-state index contributed by atoms with van der Waals surface area (Å²) >= 11 is 0. The molecule has 1 aromatic carbocycles. The molecule has 4 heteroatoms. The van der Waals surface area contributed by atoms with Crippen LogP contribution in [0.25, 0.3) is 0 Å². The molecule has 0 amide bonds. The van der Waals surface area contributed by atoms with Gasteiger partial charge >= 0.3 is 11.9 Å². The number of carbonyl (C=O) groups is 2. The average Bonchev–Trinajstić information content (AvgIpc) is 2.93. The molecular weight excluding hydrogens is 292 g/mol. The van der Waals surface area contributed by atoms with Crippen molar-refractivity contribution < 1.29 is 19.4 Å². The second kappa shape index (κ2) is 6.34. The average molecular weight is 316 g/mol. The van der Waals surface area contributed by atoms with Crippen LogP contribution in [0.1, 0.15) is 67.6 Å². The molecule has 0 saturated heterocycles. The highest BCUT2D eigenvalue weighted by Gasteiger charge is 2.48. The van der Waals surface area contributed by atoms with Gasteiger partial charge in [-0.3, -0.25) is 9.59 Å². The van der Waals surface area contributed by atoms with Crippen molar-refractivity contribution in [3.8, 4) is 0 Å². The van der Waals surface area contributed by atoms with E-state index in [0.717, 1.165) is 17.5 Å². The Bertz CT molecular complexity index is 616. The van der Waals surface area contributed by atoms with Crippen molar-refractivity contribution in [2.24, 2.45) is 0 Å². The fourth-order valence-corrected chi connectivity index (χ4v) is 4.38. The lowest BCUT2D eigenvalue weighted by Gasteiger charge is -2.26. The molecule has 2 aliphatic rings. The highest BCUT2D eigenvalue weighted by Crippen LogP contribution is 2.44. The maximum Gasteiger partial charge on any atom is 0.316 e. The lowest BCUT2D eigenvalue weighted by Crippen LogP contribution is -2.37. The van der Waals surface area contributed by atoms with Crippen molar-refractivity contribution in [1.82, 2.24) is 0 Å². The van der Waals surface area contributed by atoms with Gasteiger partial charge in [-0.2, -0.15) is 0 Å². The van der Waals surface area contributed by atoms with Gasteiger partial charge in [-0.25, -0.2) is 0 Å². The molecule has 1 saturated carbocycles. The first kappa shape index (κ1) is 16.0. The summed E-state index contributed by atoms with van der Waals surface area (Å²) in [6.45, 7) is 0. The number of benzene rings is 1. The Labute approximate surface area is 136 Å². The predicted molar refractivity (Wildman–Crippen MR) is 86.5 cm³/mol. The van der Waals surface area contributed by atoms with Crippen LogP contribution in [-0.2, 0) is 26.2 Å². The van der Waals surface area contributed by atoms with Gasteiger partial charge in [-0.1, -0.05) is 37.5 Å². The van der Waals surface area contributed by atoms with Crippen LogP contribution in [0.15, 0.2) is 18.2 Å². The van der Waals surface area contributed by atoms with Gasteiger partial charge in [0, 0.05) is 0 Å². The normalized spacial score (nSPS) is 24.2. The number of hydrogen-bond donors (Lipinski definition) is 1. The van der Waals surface area contributed by atoms with E-state index < -0.39 is 17.4 Å². The summed E-state index contributed by atoms with van der Waals surface area (Å²) in [5.74, 6) is -0.773. The standard InChI is InChI=1S/C19H24O4/c1-23-18(22)19(12-17(20)21)10-9-15-11-14(7-8-16(15)19)13-5-3-2-4-6-13/h7-8,11,13H,2-6,9-10,12H2,1H3,(H,20,21). The van der Waals surface area contributed by atoms with E-state index in [1.807, 2.05) is 6.07 Å². The van der Waals surface area contributed by atoms with Crippen molar-refractivity contribution >= 4 is 11.9 Å². The van der Waals surface area contributed by atoms with E-state index >= 15 is 0 Å². The Morgan fingerprint density at radius 1 is 1.26 bits per heavy atom. The molecule has 0 bridgehead atoms. The van der Waals surface area contributed by atoms with Gasteiger partial charge in [-0.15, -0.1) is 0 Å². The minimum absolute atomic E-state index is 0.199. The number of rotatable bonds is 4. The van der Waals surface area contributed by atoms with Crippen LogP contribution in [-0.4, -0.2) is 24.2 Å². The number of hydrogen-bond acceptors (Lipinski definition) is 3. The maximum absolute atomic E-state index is 12.3. The largest absolute Gasteiger partial charge is 0.481 e. The first-order valence-corrected chi connectivity index (χ1v) is 8.50. The monoisotopic (exact) mass is 316 g/mol.